The Bertz CT molecular complexity index is 452. The van der Waals surface area contributed by atoms with Crippen molar-refractivity contribution in [3.8, 4) is 0 Å². The molecule has 2 saturated heterocycles. The lowest BCUT2D eigenvalue weighted by atomic mass is 10.0. The molecule has 0 spiro atoms. The van der Waals surface area contributed by atoms with Gasteiger partial charge in [0.05, 0.1) is 6.61 Å². The molecular formula is C16H22N2O2. The molecule has 1 aromatic rings. The second kappa shape index (κ2) is 6.27. The molecule has 1 aromatic carbocycles. The van der Waals surface area contributed by atoms with Gasteiger partial charge in [-0.25, -0.2) is 0 Å². The van der Waals surface area contributed by atoms with Crippen LogP contribution in [-0.2, 0) is 9.53 Å². The Balaban J connectivity index is 1.54. The van der Waals surface area contributed by atoms with Crippen LogP contribution >= 0.6 is 0 Å². The van der Waals surface area contributed by atoms with Crippen molar-refractivity contribution in [1.29, 1.82) is 0 Å². The number of nitrogens with zero attached hydrogens (tertiary/aromatic N) is 1. The fourth-order valence-electron chi connectivity index (χ4n) is 2.91. The summed E-state index contributed by atoms with van der Waals surface area (Å²) in [7, 11) is 0. The Kier molecular flexibility index (Phi) is 4.21. The van der Waals surface area contributed by atoms with Crippen LogP contribution in [0.5, 0.6) is 0 Å². The van der Waals surface area contributed by atoms with E-state index in [9.17, 15) is 4.79 Å². The van der Waals surface area contributed by atoms with Crippen LogP contribution in [0.25, 0.3) is 0 Å². The van der Waals surface area contributed by atoms with E-state index in [1.165, 1.54) is 12.8 Å². The largest absolute Gasteiger partial charge is 0.385 e. The summed E-state index contributed by atoms with van der Waals surface area (Å²) >= 11 is 0. The van der Waals surface area contributed by atoms with E-state index in [0.29, 0.717) is 12.3 Å². The Morgan fingerprint density at radius 3 is 2.75 bits per heavy atom. The van der Waals surface area contributed by atoms with Gasteiger partial charge in [-0.15, -0.1) is 0 Å². The van der Waals surface area contributed by atoms with E-state index in [1.807, 2.05) is 17.0 Å². The highest BCUT2D eigenvalue weighted by Crippen LogP contribution is 2.23. The highest BCUT2D eigenvalue weighted by atomic mass is 16.5. The highest BCUT2D eigenvalue weighted by Gasteiger charge is 2.21. The zero-order valence-electron chi connectivity index (χ0n) is 11.8. The minimum Gasteiger partial charge on any atom is -0.385 e. The van der Waals surface area contributed by atoms with Gasteiger partial charge >= 0.3 is 0 Å². The number of benzene rings is 1. The van der Waals surface area contributed by atoms with Gasteiger partial charge in [-0.1, -0.05) is 0 Å². The lowest BCUT2D eigenvalue weighted by Crippen LogP contribution is -2.24. The Morgan fingerprint density at radius 2 is 2.10 bits per heavy atom. The van der Waals surface area contributed by atoms with Crippen LogP contribution in [-0.4, -0.2) is 32.2 Å². The fraction of sp³-hybridized carbons (Fsp3) is 0.562. The SMILES string of the molecule is O=C1CCCN1c1ccc(NCC2CCCOC2)cc1. The average Bonchev–Trinajstić information content (AvgIpc) is 2.93. The summed E-state index contributed by atoms with van der Waals surface area (Å²) in [5.74, 6) is 0.855. The van der Waals surface area contributed by atoms with Gasteiger partial charge in [0, 0.05) is 37.5 Å². The van der Waals surface area contributed by atoms with Crippen molar-refractivity contribution in [3.05, 3.63) is 24.3 Å². The van der Waals surface area contributed by atoms with Gasteiger partial charge < -0.3 is 15.0 Å². The molecule has 108 valence electrons. The predicted molar refractivity (Wildman–Crippen MR) is 80.1 cm³/mol. The molecule has 0 bridgehead atoms. The van der Waals surface area contributed by atoms with E-state index in [-0.39, 0.29) is 5.91 Å². The van der Waals surface area contributed by atoms with Crippen LogP contribution in [0.2, 0.25) is 0 Å². The molecule has 1 unspecified atom stereocenters. The molecule has 2 fully saturated rings. The maximum absolute atomic E-state index is 11.7. The van der Waals surface area contributed by atoms with Gasteiger partial charge in [-0.05, 0) is 49.4 Å². The average molecular weight is 274 g/mol. The third-order valence-corrected chi connectivity index (χ3v) is 4.10. The molecule has 2 heterocycles. The molecule has 4 nitrogen and oxygen atoms in total. The van der Waals surface area contributed by atoms with Gasteiger partial charge in [0.1, 0.15) is 0 Å². The lowest BCUT2D eigenvalue weighted by Gasteiger charge is -2.23. The van der Waals surface area contributed by atoms with Gasteiger partial charge in [-0.3, -0.25) is 4.79 Å². The van der Waals surface area contributed by atoms with Gasteiger partial charge in [0.2, 0.25) is 5.91 Å². The molecule has 2 aliphatic rings. The maximum atomic E-state index is 11.7. The monoisotopic (exact) mass is 274 g/mol. The molecule has 0 saturated carbocycles. The van der Waals surface area contributed by atoms with Crippen molar-refractivity contribution < 1.29 is 9.53 Å². The molecule has 4 heteroatoms. The second-order valence-corrected chi connectivity index (χ2v) is 5.66. The quantitative estimate of drug-likeness (QED) is 0.917. The third-order valence-electron chi connectivity index (χ3n) is 4.10. The summed E-state index contributed by atoms with van der Waals surface area (Å²) in [6.45, 7) is 3.59. The van der Waals surface area contributed by atoms with Gasteiger partial charge in [-0.2, -0.15) is 0 Å². The predicted octanol–water partition coefficient (Wildman–Crippen LogP) is 2.65. The van der Waals surface area contributed by atoms with Crippen molar-refractivity contribution >= 4 is 17.3 Å². The van der Waals surface area contributed by atoms with Crippen molar-refractivity contribution in [2.45, 2.75) is 25.7 Å². The summed E-state index contributed by atoms with van der Waals surface area (Å²) in [4.78, 5) is 13.6. The molecule has 20 heavy (non-hydrogen) atoms. The maximum Gasteiger partial charge on any atom is 0.227 e. The van der Waals surface area contributed by atoms with Crippen LogP contribution in [0, 0.1) is 5.92 Å². The zero-order chi connectivity index (χ0) is 13.8. The molecule has 1 amide bonds. The molecule has 0 aromatic heterocycles. The van der Waals surface area contributed by atoms with E-state index < -0.39 is 0 Å². The molecule has 1 N–H and O–H groups in total. The summed E-state index contributed by atoms with van der Waals surface area (Å²) in [6.07, 6.45) is 4.07. The molecule has 2 aliphatic heterocycles. The van der Waals surface area contributed by atoms with E-state index in [4.69, 9.17) is 4.74 Å². The third kappa shape index (κ3) is 3.12. The van der Waals surface area contributed by atoms with E-state index in [0.717, 1.165) is 44.1 Å². The number of nitrogens with one attached hydrogen (secondary N) is 1. The van der Waals surface area contributed by atoms with E-state index in [2.05, 4.69) is 17.4 Å². The second-order valence-electron chi connectivity index (χ2n) is 5.66. The number of ether oxygens (including phenoxy) is 1. The minimum absolute atomic E-state index is 0.241. The number of amides is 1. The van der Waals surface area contributed by atoms with Crippen LogP contribution < -0.4 is 10.2 Å². The zero-order valence-corrected chi connectivity index (χ0v) is 11.8. The summed E-state index contributed by atoms with van der Waals surface area (Å²) < 4.78 is 5.48. The first-order valence-corrected chi connectivity index (χ1v) is 7.55. The van der Waals surface area contributed by atoms with Crippen LogP contribution in [0.3, 0.4) is 0 Å². The van der Waals surface area contributed by atoms with E-state index >= 15 is 0 Å². The smallest absolute Gasteiger partial charge is 0.227 e. The van der Waals surface area contributed by atoms with Crippen molar-refractivity contribution in [1.82, 2.24) is 0 Å². The molecule has 1 atom stereocenters. The number of hydrogen-bond donors (Lipinski definition) is 1. The van der Waals surface area contributed by atoms with Crippen molar-refractivity contribution in [3.63, 3.8) is 0 Å². The number of rotatable bonds is 4. The Morgan fingerprint density at radius 1 is 1.25 bits per heavy atom. The number of hydrogen-bond acceptors (Lipinski definition) is 3. The summed E-state index contributed by atoms with van der Waals surface area (Å²) in [5, 5.41) is 3.46. The minimum atomic E-state index is 0.241. The van der Waals surface area contributed by atoms with Crippen LogP contribution in [0.1, 0.15) is 25.7 Å². The number of anilines is 2. The molecule has 0 aliphatic carbocycles. The first-order chi connectivity index (χ1) is 9.83. The first kappa shape index (κ1) is 13.4. The van der Waals surface area contributed by atoms with Crippen LogP contribution in [0.15, 0.2) is 24.3 Å². The van der Waals surface area contributed by atoms with E-state index in [1.54, 1.807) is 0 Å². The number of carbonyl (C=O) groups is 1. The summed E-state index contributed by atoms with van der Waals surface area (Å²) in [6, 6.07) is 8.18. The standard InChI is InChI=1S/C16H22N2O2/c19-16-4-1-9-18(16)15-7-5-14(6-8-15)17-11-13-3-2-10-20-12-13/h5-8,13,17H,1-4,9-12H2. The Labute approximate surface area is 120 Å². The first-order valence-electron chi connectivity index (χ1n) is 7.55. The Hall–Kier alpha value is -1.55. The molecular weight excluding hydrogens is 252 g/mol. The summed E-state index contributed by atoms with van der Waals surface area (Å²) in [5.41, 5.74) is 2.13. The normalized spacial score (nSPS) is 23.1. The van der Waals surface area contributed by atoms with Crippen molar-refractivity contribution in [2.75, 3.05) is 36.5 Å². The highest BCUT2D eigenvalue weighted by molar-refractivity contribution is 5.95. The van der Waals surface area contributed by atoms with Crippen molar-refractivity contribution in [2.24, 2.45) is 5.92 Å². The number of carbonyl (C=O) groups excluding carboxylic acids is 1. The lowest BCUT2D eigenvalue weighted by molar-refractivity contribution is -0.117. The molecule has 0 radical (unpaired) electrons. The fourth-order valence-corrected chi connectivity index (χ4v) is 2.91. The van der Waals surface area contributed by atoms with Gasteiger partial charge in [0.15, 0.2) is 0 Å². The molecule has 3 rings (SSSR count). The topological polar surface area (TPSA) is 41.6 Å². The van der Waals surface area contributed by atoms with Crippen LogP contribution in [0.4, 0.5) is 11.4 Å². The van der Waals surface area contributed by atoms with Gasteiger partial charge in [0.25, 0.3) is 0 Å².